The van der Waals surface area contributed by atoms with Gasteiger partial charge in [0, 0.05) is 24.7 Å². The van der Waals surface area contributed by atoms with Gasteiger partial charge in [-0.15, -0.1) is 0 Å². The van der Waals surface area contributed by atoms with Crippen molar-refractivity contribution in [3.63, 3.8) is 0 Å². The predicted molar refractivity (Wildman–Crippen MR) is 70.6 cm³/mol. The molecule has 98 valence electrons. The molecule has 0 aliphatic heterocycles. The molecule has 1 rings (SSSR count). The fraction of sp³-hybridized carbons (Fsp3) is 0.750. The van der Waals surface area contributed by atoms with Gasteiger partial charge in [0.05, 0.1) is 5.69 Å². The molecular formula is C12H25N5. The van der Waals surface area contributed by atoms with E-state index in [0.717, 1.165) is 25.1 Å². The van der Waals surface area contributed by atoms with Crippen LogP contribution in [-0.4, -0.2) is 41.4 Å². The molecular weight excluding hydrogens is 214 g/mol. The fourth-order valence-corrected chi connectivity index (χ4v) is 1.68. The molecule has 1 aromatic rings. The van der Waals surface area contributed by atoms with Crippen LogP contribution in [0.5, 0.6) is 0 Å². The zero-order valence-electron chi connectivity index (χ0n) is 11.3. The van der Waals surface area contributed by atoms with Crippen molar-refractivity contribution in [2.24, 2.45) is 5.84 Å². The lowest BCUT2D eigenvalue weighted by molar-refractivity contribution is 0.356. The zero-order chi connectivity index (χ0) is 12.8. The van der Waals surface area contributed by atoms with E-state index in [1.54, 1.807) is 0 Å². The zero-order valence-corrected chi connectivity index (χ0v) is 11.3. The molecule has 1 unspecified atom stereocenters. The van der Waals surface area contributed by atoms with Crippen LogP contribution in [0, 0.1) is 0 Å². The Morgan fingerprint density at radius 3 is 2.65 bits per heavy atom. The summed E-state index contributed by atoms with van der Waals surface area (Å²) < 4.78 is 1.98. The van der Waals surface area contributed by atoms with E-state index < -0.39 is 0 Å². The lowest BCUT2D eigenvalue weighted by Gasteiger charge is -2.17. The van der Waals surface area contributed by atoms with Crippen molar-refractivity contribution >= 4 is 0 Å². The Labute approximate surface area is 104 Å². The molecule has 0 spiro atoms. The topological polar surface area (TPSA) is 59.1 Å². The van der Waals surface area contributed by atoms with E-state index in [-0.39, 0.29) is 6.04 Å². The van der Waals surface area contributed by atoms with E-state index in [1.165, 1.54) is 0 Å². The maximum atomic E-state index is 5.57. The highest BCUT2D eigenvalue weighted by atomic mass is 15.3. The average molecular weight is 239 g/mol. The van der Waals surface area contributed by atoms with Gasteiger partial charge in [0.1, 0.15) is 0 Å². The maximum Gasteiger partial charge on any atom is 0.0640 e. The molecule has 0 aliphatic rings. The molecule has 1 atom stereocenters. The van der Waals surface area contributed by atoms with Gasteiger partial charge in [-0.1, -0.05) is 0 Å². The number of nitrogens with one attached hydrogen (secondary N) is 1. The molecule has 0 aromatic carbocycles. The number of hydrazine groups is 1. The van der Waals surface area contributed by atoms with Gasteiger partial charge in [0.25, 0.3) is 0 Å². The summed E-state index contributed by atoms with van der Waals surface area (Å²) in [5.74, 6) is 5.57. The molecule has 0 fully saturated rings. The molecule has 0 saturated heterocycles. The molecule has 0 bridgehead atoms. The Bertz CT molecular complexity index is 318. The molecule has 1 heterocycles. The Morgan fingerprint density at radius 1 is 1.47 bits per heavy atom. The van der Waals surface area contributed by atoms with E-state index in [9.17, 15) is 0 Å². The van der Waals surface area contributed by atoms with Crippen LogP contribution in [0.3, 0.4) is 0 Å². The van der Waals surface area contributed by atoms with Crippen molar-refractivity contribution in [3.05, 3.63) is 18.0 Å². The van der Waals surface area contributed by atoms with Crippen molar-refractivity contribution in [2.75, 3.05) is 20.6 Å². The van der Waals surface area contributed by atoms with E-state index >= 15 is 0 Å². The van der Waals surface area contributed by atoms with Gasteiger partial charge in [-0.05, 0) is 47.0 Å². The summed E-state index contributed by atoms with van der Waals surface area (Å²) in [5.41, 5.74) is 3.97. The van der Waals surface area contributed by atoms with Crippen molar-refractivity contribution in [2.45, 2.75) is 38.8 Å². The average Bonchev–Trinajstić information content (AvgIpc) is 2.72. The summed E-state index contributed by atoms with van der Waals surface area (Å²) in [4.78, 5) is 2.16. The lowest BCUT2D eigenvalue weighted by Crippen LogP contribution is -2.39. The summed E-state index contributed by atoms with van der Waals surface area (Å²) in [6.07, 6.45) is 3.93. The van der Waals surface area contributed by atoms with Crippen LogP contribution < -0.4 is 11.3 Å². The van der Waals surface area contributed by atoms with Crippen molar-refractivity contribution in [3.8, 4) is 0 Å². The number of nitrogens with zero attached hydrogens (tertiary/aromatic N) is 3. The summed E-state index contributed by atoms with van der Waals surface area (Å²) in [7, 11) is 4.14. The molecule has 5 nitrogen and oxygen atoms in total. The predicted octanol–water partition coefficient (Wildman–Crippen LogP) is 0.790. The highest BCUT2D eigenvalue weighted by Gasteiger charge is 2.10. The molecule has 0 aliphatic carbocycles. The summed E-state index contributed by atoms with van der Waals surface area (Å²) in [5, 5.41) is 4.53. The smallest absolute Gasteiger partial charge is 0.0640 e. The minimum atomic E-state index is 0.285. The summed E-state index contributed by atoms with van der Waals surface area (Å²) in [6.45, 7) is 5.28. The first-order valence-electron chi connectivity index (χ1n) is 6.17. The first-order valence-corrected chi connectivity index (χ1v) is 6.17. The lowest BCUT2D eigenvalue weighted by atomic mass is 10.1. The van der Waals surface area contributed by atoms with Crippen molar-refractivity contribution in [1.82, 2.24) is 20.1 Å². The van der Waals surface area contributed by atoms with Gasteiger partial charge in [-0.2, -0.15) is 5.10 Å². The number of hydrogen-bond acceptors (Lipinski definition) is 4. The molecule has 0 radical (unpaired) electrons. The van der Waals surface area contributed by atoms with Crippen LogP contribution in [0.4, 0.5) is 0 Å². The molecule has 0 saturated carbocycles. The van der Waals surface area contributed by atoms with Gasteiger partial charge < -0.3 is 4.90 Å². The summed E-state index contributed by atoms with van der Waals surface area (Å²) in [6, 6.07) is 2.77. The van der Waals surface area contributed by atoms with Crippen LogP contribution in [0.2, 0.25) is 0 Å². The highest BCUT2D eigenvalue weighted by molar-refractivity contribution is 5.02. The number of aromatic nitrogens is 2. The number of hydrogen-bond donors (Lipinski definition) is 2. The minimum Gasteiger partial charge on any atom is -0.309 e. The minimum absolute atomic E-state index is 0.285. The third-order valence-corrected chi connectivity index (χ3v) is 2.81. The standard InChI is InChI=1S/C12H25N5/c1-10(2)17-8-6-12(15-17)9-11(14-13)5-7-16(3)4/h6,8,10-11,14H,5,7,9,13H2,1-4H3. The fourth-order valence-electron chi connectivity index (χ4n) is 1.68. The third-order valence-electron chi connectivity index (χ3n) is 2.81. The monoisotopic (exact) mass is 239 g/mol. The van der Waals surface area contributed by atoms with Crippen LogP contribution in [0.25, 0.3) is 0 Å². The van der Waals surface area contributed by atoms with Crippen molar-refractivity contribution in [1.29, 1.82) is 0 Å². The number of nitrogens with two attached hydrogens (primary N) is 1. The largest absolute Gasteiger partial charge is 0.309 e. The molecule has 17 heavy (non-hydrogen) atoms. The molecule has 5 heteroatoms. The van der Waals surface area contributed by atoms with E-state index in [4.69, 9.17) is 5.84 Å². The van der Waals surface area contributed by atoms with Crippen LogP contribution in [0.15, 0.2) is 12.3 Å². The number of rotatable bonds is 7. The second-order valence-electron chi connectivity index (χ2n) is 5.04. The quantitative estimate of drug-likeness (QED) is 0.545. The molecule has 3 N–H and O–H groups in total. The maximum absolute atomic E-state index is 5.57. The van der Waals surface area contributed by atoms with Crippen molar-refractivity contribution < 1.29 is 0 Å². The Kier molecular flexibility index (Phi) is 5.61. The normalized spacial score (nSPS) is 13.6. The second-order valence-corrected chi connectivity index (χ2v) is 5.04. The van der Waals surface area contributed by atoms with Gasteiger partial charge in [0.15, 0.2) is 0 Å². The molecule has 0 amide bonds. The third kappa shape index (κ3) is 4.85. The Morgan fingerprint density at radius 2 is 2.18 bits per heavy atom. The van der Waals surface area contributed by atoms with Crippen LogP contribution in [-0.2, 0) is 6.42 Å². The highest BCUT2D eigenvalue weighted by Crippen LogP contribution is 2.07. The second kappa shape index (κ2) is 6.74. The first-order chi connectivity index (χ1) is 8.02. The first kappa shape index (κ1) is 14.2. The van der Waals surface area contributed by atoms with E-state index in [0.29, 0.717) is 6.04 Å². The van der Waals surface area contributed by atoms with Gasteiger partial charge in [0.2, 0.25) is 0 Å². The summed E-state index contributed by atoms with van der Waals surface area (Å²) >= 11 is 0. The van der Waals surface area contributed by atoms with Gasteiger partial charge >= 0.3 is 0 Å². The SMILES string of the molecule is CC(C)n1ccc(CC(CCN(C)C)NN)n1. The Hall–Kier alpha value is -0.910. The van der Waals surface area contributed by atoms with E-state index in [2.05, 4.69) is 49.4 Å². The van der Waals surface area contributed by atoms with Crippen LogP contribution >= 0.6 is 0 Å². The van der Waals surface area contributed by atoms with Gasteiger partial charge in [-0.25, -0.2) is 0 Å². The van der Waals surface area contributed by atoms with Gasteiger partial charge in [-0.3, -0.25) is 16.0 Å². The van der Waals surface area contributed by atoms with E-state index in [1.807, 2.05) is 10.9 Å². The Balaban J connectivity index is 2.49. The molecule has 1 aromatic heterocycles. The van der Waals surface area contributed by atoms with Crippen LogP contribution in [0.1, 0.15) is 32.0 Å².